The first-order valence-electron chi connectivity index (χ1n) is 10.3. The van der Waals surface area contributed by atoms with Gasteiger partial charge in [0.1, 0.15) is 9.79 Å². The fraction of sp³-hybridized carbons (Fsp3) is 0.650. The summed E-state index contributed by atoms with van der Waals surface area (Å²) in [6, 6.07) is 3.60. The third-order valence-electron chi connectivity index (χ3n) is 4.49. The average Bonchev–Trinajstić information content (AvgIpc) is 2.72. The molecule has 0 spiro atoms. The fourth-order valence-corrected chi connectivity index (χ4v) is 7.18. The van der Waals surface area contributed by atoms with Crippen LogP contribution in [0.3, 0.4) is 0 Å². The number of methoxy groups -OCH3 is 1. The Kier molecular flexibility index (Phi) is 10.4. The van der Waals surface area contributed by atoms with Gasteiger partial charge >= 0.3 is 5.97 Å². The van der Waals surface area contributed by atoms with Crippen LogP contribution in [0.15, 0.2) is 28.0 Å². The van der Waals surface area contributed by atoms with Gasteiger partial charge in [0.15, 0.2) is 0 Å². The summed E-state index contributed by atoms with van der Waals surface area (Å²) in [5.41, 5.74) is -0.0134. The van der Waals surface area contributed by atoms with Gasteiger partial charge in [0.05, 0.1) is 12.7 Å². The number of hydrogen-bond donors (Lipinski definition) is 0. The Morgan fingerprint density at radius 1 is 0.767 bits per heavy atom. The molecule has 172 valence electrons. The van der Waals surface area contributed by atoms with Crippen LogP contribution in [-0.2, 0) is 24.8 Å². The minimum absolute atomic E-state index is 0.0134. The molecule has 0 bridgehead atoms. The summed E-state index contributed by atoms with van der Waals surface area (Å²) in [6.07, 6.45) is 2.35. The van der Waals surface area contributed by atoms with Crippen molar-refractivity contribution < 1.29 is 26.4 Å². The largest absolute Gasteiger partial charge is 0.465 e. The van der Waals surface area contributed by atoms with Crippen LogP contribution in [0.4, 0.5) is 0 Å². The lowest BCUT2D eigenvalue weighted by Gasteiger charge is -2.26. The molecule has 1 aromatic carbocycles. The Balaban J connectivity index is 3.78. The number of ether oxygens (including phenoxy) is 1. The highest BCUT2D eigenvalue weighted by molar-refractivity contribution is 7.92. The molecule has 0 radical (unpaired) electrons. The van der Waals surface area contributed by atoms with Crippen molar-refractivity contribution in [2.45, 2.75) is 63.2 Å². The second-order valence-electron chi connectivity index (χ2n) is 6.96. The molecule has 0 fully saturated rings. The van der Waals surface area contributed by atoms with Gasteiger partial charge in [-0.05, 0) is 43.9 Å². The van der Waals surface area contributed by atoms with Crippen molar-refractivity contribution in [1.29, 1.82) is 0 Å². The number of carbonyl (C=O) groups excluding carboxylic acids is 1. The van der Waals surface area contributed by atoms with Gasteiger partial charge in [-0.15, -0.1) is 0 Å². The molecule has 1 rings (SSSR count). The van der Waals surface area contributed by atoms with E-state index in [0.29, 0.717) is 25.7 Å². The van der Waals surface area contributed by atoms with E-state index < -0.39 is 26.0 Å². The first-order chi connectivity index (χ1) is 14.1. The molecule has 0 aliphatic rings. The highest BCUT2D eigenvalue weighted by atomic mass is 32.2. The molecule has 10 heteroatoms. The summed E-state index contributed by atoms with van der Waals surface area (Å²) >= 11 is 0. The number of hydrogen-bond acceptors (Lipinski definition) is 6. The molecule has 0 aromatic heterocycles. The number of carbonyl (C=O) groups is 1. The van der Waals surface area contributed by atoms with E-state index in [4.69, 9.17) is 4.74 Å². The van der Waals surface area contributed by atoms with Crippen molar-refractivity contribution in [3.63, 3.8) is 0 Å². The minimum Gasteiger partial charge on any atom is -0.465 e. The summed E-state index contributed by atoms with van der Waals surface area (Å²) in [4.78, 5) is 11.3. The Morgan fingerprint density at radius 2 is 1.17 bits per heavy atom. The predicted molar refractivity (Wildman–Crippen MR) is 116 cm³/mol. The standard InChI is InChI=1S/C20H34N2O6S2/c1-6-12-21(13-7-2)29(24,25)18-11-10-17(20(23)28-5)16-19(18)30(26,27)22(14-8-3)15-9-4/h10-11,16H,6-9,12-15H2,1-5H3. The van der Waals surface area contributed by atoms with Crippen molar-refractivity contribution in [2.24, 2.45) is 0 Å². The monoisotopic (exact) mass is 462 g/mol. The summed E-state index contributed by atoms with van der Waals surface area (Å²) in [6.45, 7) is 8.50. The minimum atomic E-state index is -4.15. The molecule has 8 nitrogen and oxygen atoms in total. The Morgan fingerprint density at radius 3 is 1.53 bits per heavy atom. The van der Waals surface area contributed by atoms with Crippen LogP contribution in [0.1, 0.15) is 63.7 Å². The Bertz CT molecular complexity index is 901. The second kappa shape index (κ2) is 11.8. The van der Waals surface area contributed by atoms with Crippen LogP contribution >= 0.6 is 0 Å². The molecule has 30 heavy (non-hydrogen) atoms. The molecule has 0 amide bonds. The van der Waals surface area contributed by atoms with Crippen LogP contribution in [-0.4, -0.2) is 64.7 Å². The van der Waals surface area contributed by atoms with Gasteiger partial charge in [-0.1, -0.05) is 27.7 Å². The van der Waals surface area contributed by atoms with Crippen LogP contribution in [0.5, 0.6) is 0 Å². The van der Waals surface area contributed by atoms with Gasteiger partial charge < -0.3 is 4.74 Å². The zero-order chi connectivity index (χ0) is 22.9. The number of esters is 1. The van der Waals surface area contributed by atoms with Crippen molar-refractivity contribution in [3.05, 3.63) is 23.8 Å². The van der Waals surface area contributed by atoms with Crippen LogP contribution in [0, 0.1) is 0 Å². The number of sulfonamides is 2. The van der Waals surface area contributed by atoms with E-state index in [-0.39, 0.29) is 41.5 Å². The smallest absolute Gasteiger partial charge is 0.337 e. The molecular weight excluding hydrogens is 428 g/mol. The zero-order valence-corrected chi connectivity index (χ0v) is 20.2. The van der Waals surface area contributed by atoms with E-state index in [9.17, 15) is 21.6 Å². The van der Waals surface area contributed by atoms with Crippen LogP contribution in [0.2, 0.25) is 0 Å². The summed E-state index contributed by atoms with van der Waals surface area (Å²) in [5, 5.41) is 0. The molecule has 0 aliphatic carbocycles. The molecule has 0 N–H and O–H groups in total. The van der Waals surface area contributed by atoms with Gasteiger partial charge in [-0.25, -0.2) is 21.6 Å². The third kappa shape index (κ3) is 6.03. The maximum atomic E-state index is 13.5. The molecular formula is C20H34N2O6S2. The van der Waals surface area contributed by atoms with E-state index in [1.165, 1.54) is 27.9 Å². The molecule has 0 aliphatic heterocycles. The summed E-state index contributed by atoms with van der Waals surface area (Å²) in [5.74, 6) is -0.730. The quantitative estimate of drug-likeness (QED) is 0.418. The molecule has 0 unspecified atom stereocenters. The maximum absolute atomic E-state index is 13.5. The number of nitrogens with zero attached hydrogens (tertiary/aromatic N) is 2. The lowest BCUT2D eigenvalue weighted by Crippen LogP contribution is -2.36. The highest BCUT2D eigenvalue weighted by Crippen LogP contribution is 2.29. The first kappa shape index (κ1) is 26.5. The molecule has 0 saturated carbocycles. The van der Waals surface area contributed by atoms with E-state index in [2.05, 4.69) is 0 Å². The van der Waals surface area contributed by atoms with Gasteiger partial charge in [-0.3, -0.25) is 0 Å². The maximum Gasteiger partial charge on any atom is 0.337 e. The third-order valence-corrected chi connectivity index (χ3v) is 8.52. The lowest BCUT2D eigenvalue weighted by atomic mass is 10.2. The van der Waals surface area contributed by atoms with Crippen molar-refractivity contribution in [2.75, 3.05) is 33.3 Å². The van der Waals surface area contributed by atoms with Gasteiger partial charge in [0.2, 0.25) is 20.0 Å². The Labute approximate surface area is 181 Å². The summed E-state index contributed by atoms with van der Waals surface area (Å²) in [7, 11) is -7.04. The highest BCUT2D eigenvalue weighted by Gasteiger charge is 2.34. The molecule has 0 heterocycles. The zero-order valence-electron chi connectivity index (χ0n) is 18.5. The SMILES string of the molecule is CCCN(CCC)S(=O)(=O)c1ccc(C(=O)OC)cc1S(=O)(=O)N(CCC)CCC. The molecule has 1 aromatic rings. The van der Waals surface area contributed by atoms with Gasteiger partial charge in [-0.2, -0.15) is 8.61 Å². The predicted octanol–water partition coefficient (Wildman–Crippen LogP) is 3.09. The summed E-state index contributed by atoms with van der Waals surface area (Å²) < 4.78 is 61.0. The molecule has 0 atom stereocenters. The van der Waals surface area contributed by atoms with E-state index >= 15 is 0 Å². The van der Waals surface area contributed by atoms with Gasteiger partial charge in [0, 0.05) is 26.2 Å². The van der Waals surface area contributed by atoms with Crippen LogP contribution < -0.4 is 0 Å². The lowest BCUT2D eigenvalue weighted by molar-refractivity contribution is 0.0600. The van der Waals surface area contributed by atoms with Crippen molar-refractivity contribution in [3.8, 4) is 0 Å². The number of benzene rings is 1. The fourth-order valence-electron chi connectivity index (χ4n) is 3.15. The van der Waals surface area contributed by atoms with Gasteiger partial charge in [0.25, 0.3) is 0 Å². The first-order valence-corrected chi connectivity index (χ1v) is 13.2. The average molecular weight is 463 g/mol. The van der Waals surface area contributed by atoms with E-state index in [0.717, 1.165) is 6.07 Å². The van der Waals surface area contributed by atoms with Crippen molar-refractivity contribution >= 4 is 26.0 Å². The van der Waals surface area contributed by atoms with E-state index in [1.54, 1.807) is 0 Å². The van der Waals surface area contributed by atoms with Crippen LogP contribution in [0.25, 0.3) is 0 Å². The topological polar surface area (TPSA) is 101 Å². The normalized spacial score (nSPS) is 12.5. The molecule has 0 saturated heterocycles. The van der Waals surface area contributed by atoms with E-state index in [1.807, 2.05) is 27.7 Å². The second-order valence-corrected chi connectivity index (χ2v) is 10.8. The number of rotatable bonds is 13. The Hall–Kier alpha value is -1.49. The van der Waals surface area contributed by atoms with Crippen molar-refractivity contribution in [1.82, 2.24) is 8.61 Å².